The summed E-state index contributed by atoms with van der Waals surface area (Å²) in [6.07, 6.45) is 2.93. The number of methoxy groups -OCH3 is 1. The number of nitrogens with zero attached hydrogens (tertiary/aromatic N) is 3. The van der Waals surface area contributed by atoms with E-state index < -0.39 is 0 Å². The molecule has 0 saturated heterocycles. The van der Waals surface area contributed by atoms with Crippen molar-refractivity contribution in [3.63, 3.8) is 0 Å². The van der Waals surface area contributed by atoms with Crippen molar-refractivity contribution in [3.8, 4) is 0 Å². The first-order chi connectivity index (χ1) is 13.7. The highest BCUT2D eigenvalue weighted by Crippen LogP contribution is 2.26. The van der Waals surface area contributed by atoms with Gasteiger partial charge in [0.05, 0.1) is 19.8 Å². The van der Waals surface area contributed by atoms with E-state index in [1.165, 1.54) is 10.9 Å². The molecule has 0 radical (unpaired) electrons. The van der Waals surface area contributed by atoms with Gasteiger partial charge in [-0.05, 0) is 18.6 Å². The van der Waals surface area contributed by atoms with Crippen LogP contribution in [0.3, 0.4) is 0 Å². The average Bonchev–Trinajstić information content (AvgIpc) is 3.28. The molecule has 0 saturated carbocycles. The molecule has 0 unspecified atom stereocenters. The maximum absolute atomic E-state index is 12.4. The van der Waals surface area contributed by atoms with Gasteiger partial charge in [0, 0.05) is 61.5 Å². The molecule has 0 bridgehead atoms. The second kappa shape index (κ2) is 8.16. The van der Waals surface area contributed by atoms with Gasteiger partial charge in [0.15, 0.2) is 5.69 Å². The predicted molar refractivity (Wildman–Crippen MR) is 106 cm³/mol. The standard InChI is InChI=1S/C21H26N4O3/c1-3-28-21(26)20-17-14-24(9-8-19(17)25(23-20)10-11-27-2)13-15-12-22-18-7-5-4-6-16(15)18/h4-7,12,22H,3,8-11,13-14H2,1-2H3. The Morgan fingerprint density at radius 2 is 2.18 bits per heavy atom. The summed E-state index contributed by atoms with van der Waals surface area (Å²) in [5.74, 6) is -0.344. The average molecular weight is 382 g/mol. The summed E-state index contributed by atoms with van der Waals surface area (Å²) in [6.45, 7) is 5.81. The van der Waals surface area contributed by atoms with E-state index in [9.17, 15) is 4.79 Å². The zero-order valence-corrected chi connectivity index (χ0v) is 16.4. The highest BCUT2D eigenvalue weighted by atomic mass is 16.5. The smallest absolute Gasteiger partial charge is 0.359 e. The summed E-state index contributed by atoms with van der Waals surface area (Å²) in [5, 5.41) is 5.80. The molecule has 0 spiro atoms. The number of fused-ring (bicyclic) bond motifs is 2. The van der Waals surface area contributed by atoms with Crippen LogP contribution in [0.1, 0.15) is 34.2 Å². The Balaban J connectivity index is 1.59. The molecule has 1 aromatic carbocycles. The molecule has 3 heterocycles. The lowest BCUT2D eigenvalue weighted by atomic mass is 10.0. The number of hydrogen-bond donors (Lipinski definition) is 1. The number of benzene rings is 1. The highest BCUT2D eigenvalue weighted by molar-refractivity contribution is 5.89. The van der Waals surface area contributed by atoms with E-state index >= 15 is 0 Å². The Hall–Kier alpha value is -2.64. The molecular weight excluding hydrogens is 356 g/mol. The number of rotatable bonds is 7. The second-order valence-electron chi connectivity index (χ2n) is 7.03. The largest absolute Gasteiger partial charge is 0.461 e. The minimum Gasteiger partial charge on any atom is -0.461 e. The molecule has 1 N–H and O–H groups in total. The Morgan fingerprint density at radius 3 is 3.00 bits per heavy atom. The topological polar surface area (TPSA) is 72.4 Å². The van der Waals surface area contributed by atoms with E-state index in [1.807, 2.05) is 17.7 Å². The van der Waals surface area contributed by atoms with E-state index in [0.29, 0.717) is 32.0 Å². The van der Waals surface area contributed by atoms with Crippen molar-refractivity contribution in [2.24, 2.45) is 0 Å². The number of para-hydroxylation sites is 1. The SMILES string of the molecule is CCOC(=O)c1nn(CCOC)c2c1CN(Cc1c[nH]c3ccccc13)CC2. The molecule has 3 aromatic rings. The van der Waals surface area contributed by atoms with Gasteiger partial charge in [0.25, 0.3) is 0 Å². The number of H-pyrrole nitrogens is 1. The summed E-state index contributed by atoms with van der Waals surface area (Å²) in [7, 11) is 1.67. The molecule has 0 aliphatic carbocycles. The molecule has 7 nitrogen and oxygen atoms in total. The number of aromatic nitrogens is 3. The number of aromatic amines is 1. The number of ether oxygens (including phenoxy) is 2. The van der Waals surface area contributed by atoms with Gasteiger partial charge in [0.1, 0.15) is 0 Å². The van der Waals surface area contributed by atoms with Crippen molar-refractivity contribution in [1.29, 1.82) is 0 Å². The van der Waals surface area contributed by atoms with Crippen LogP contribution in [0, 0.1) is 0 Å². The van der Waals surface area contributed by atoms with Crippen molar-refractivity contribution in [3.05, 3.63) is 53.0 Å². The molecule has 1 aliphatic rings. The summed E-state index contributed by atoms with van der Waals surface area (Å²) in [4.78, 5) is 18.2. The van der Waals surface area contributed by atoms with E-state index in [2.05, 4.69) is 39.4 Å². The third-order valence-electron chi connectivity index (χ3n) is 5.26. The number of esters is 1. The van der Waals surface area contributed by atoms with Gasteiger partial charge in [-0.25, -0.2) is 4.79 Å². The first kappa shape index (κ1) is 18.7. The number of carbonyl (C=O) groups excluding carboxylic acids is 1. The van der Waals surface area contributed by atoms with Gasteiger partial charge in [-0.15, -0.1) is 0 Å². The lowest BCUT2D eigenvalue weighted by Crippen LogP contribution is -2.31. The molecular formula is C21H26N4O3. The zero-order chi connectivity index (χ0) is 19.5. The monoisotopic (exact) mass is 382 g/mol. The van der Waals surface area contributed by atoms with Gasteiger partial charge in [0.2, 0.25) is 0 Å². The number of nitrogens with one attached hydrogen (secondary N) is 1. The Morgan fingerprint density at radius 1 is 1.32 bits per heavy atom. The summed E-state index contributed by atoms with van der Waals surface area (Å²) in [6, 6.07) is 8.33. The van der Waals surface area contributed by atoms with Gasteiger partial charge in [-0.2, -0.15) is 5.10 Å². The molecule has 0 atom stereocenters. The fourth-order valence-electron chi connectivity index (χ4n) is 3.91. The first-order valence-corrected chi connectivity index (χ1v) is 9.73. The third kappa shape index (κ3) is 3.55. The summed E-state index contributed by atoms with van der Waals surface area (Å²) < 4.78 is 12.3. The van der Waals surface area contributed by atoms with Crippen LogP contribution in [0.2, 0.25) is 0 Å². The van der Waals surface area contributed by atoms with Crippen LogP contribution in [0.25, 0.3) is 10.9 Å². The number of carbonyl (C=O) groups is 1. The molecule has 1 aliphatic heterocycles. The maximum Gasteiger partial charge on any atom is 0.359 e. The quantitative estimate of drug-likeness (QED) is 0.636. The van der Waals surface area contributed by atoms with Crippen LogP contribution in [-0.2, 0) is 35.5 Å². The van der Waals surface area contributed by atoms with Gasteiger partial charge < -0.3 is 14.5 Å². The lowest BCUT2D eigenvalue weighted by Gasteiger charge is -2.27. The van der Waals surface area contributed by atoms with E-state index in [4.69, 9.17) is 9.47 Å². The van der Waals surface area contributed by atoms with Crippen molar-refractivity contribution >= 4 is 16.9 Å². The highest BCUT2D eigenvalue weighted by Gasteiger charge is 2.29. The summed E-state index contributed by atoms with van der Waals surface area (Å²) >= 11 is 0. The van der Waals surface area contributed by atoms with Crippen LogP contribution < -0.4 is 0 Å². The van der Waals surface area contributed by atoms with Crippen LogP contribution in [0.4, 0.5) is 0 Å². The van der Waals surface area contributed by atoms with Crippen molar-refractivity contribution in [1.82, 2.24) is 19.7 Å². The molecule has 148 valence electrons. The van der Waals surface area contributed by atoms with E-state index in [1.54, 1.807) is 7.11 Å². The molecule has 28 heavy (non-hydrogen) atoms. The lowest BCUT2D eigenvalue weighted by molar-refractivity contribution is 0.0515. The van der Waals surface area contributed by atoms with E-state index in [-0.39, 0.29) is 5.97 Å². The second-order valence-corrected chi connectivity index (χ2v) is 7.03. The molecule has 4 rings (SSSR count). The molecule has 2 aromatic heterocycles. The molecule has 0 fully saturated rings. The van der Waals surface area contributed by atoms with Crippen LogP contribution in [-0.4, -0.2) is 52.5 Å². The normalized spacial score (nSPS) is 14.4. The first-order valence-electron chi connectivity index (χ1n) is 9.73. The maximum atomic E-state index is 12.4. The van der Waals surface area contributed by atoms with Crippen molar-refractivity contribution < 1.29 is 14.3 Å². The van der Waals surface area contributed by atoms with E-state index in [0.717, 1.165) is 36.3 Å². The third-order valence-corrected chi connectivity index (χ3v) is 5.26. The Kier molecular flexibility index (Phi) is 5.45. The minimum atomic E-state index is -0.344. The minimum absolute atomic E-state index is 0.344. The summed E-state index contributed by atoms with van der Waals surface area (Å²) in [5.41, 5.74) is 4.96. The van der Waals surface area contributed by atoms with Crippen molar-refractivity contribution in [2.45, 2.75) is 33.0 Å². The van der Waals surface area contributed by atoms with Gasteiger partial charge in [-0.3, -0.25) is 9.58 Å². The van der Waals surface area contributed by atoms with Gasteiger partial charge in [-0.1, -0.05) is 18.2 Å². The van der Waals surface area contributed by atoms with Crippen LogP contribution in [0.5, 0.6) is 0 Å². The van der Waals surface area contributed by atoms with Gasteiger partial charge >= 0.3 is 5.97 Å². The molecule has 0 amide bonds. The Labute approximate surface area is 164 Å². The van der Waals surface area contributed by atoms with Crippen LogP contribution in [0.15, 0.2) is 30.5 Å². The number of hydrogen-bond acceptors (Lipinski definition) is 5. The fourth-order valence-corrected chi connectivity index (χ4v) is 3.91. The molecule has 7 heteroatoms. The van der Waals surface area contributed by atoms with Crippen molar-refractivity contribution in [2.75, 3.05) is 26.9 Å². The zero-order valence-electron chi connectivity index (χ0n) is 16.4. The Bertz CT molecular complexity index is 975. The van der Waals surface area contributed by atoms with Crippen LogP contribution >= 0.6 is 0 Å². The predicted octanol–water partition coefficient (Wildman–Crippen LogP) is 2.75. The fraction of sp³-hybridized carbons (Fsp3) is 0.429.